The molecule has 3 rings (SSSR count). The fraction of sp³-hybridized carbons (Fsp3) is 0.467. The lowest BCUT2D eigenvalue weighted by Crippen LogP contribution is -2.23. The van der Waals surface area contributed by atoms with Crippen LogP contribution in [0.3, 0.4) is 0 Å². The molecule has 0 radical (unpaired) electrons. The van der Waals surface area contributed by atoms with E-state index in [1.54, 1.807) is 0 Å². The van der Waals surface area contributed by atoms with E-state index >= 15 is 0 Å². The Morgan fingerprint density at radius 2 is 2.26 bits per heavy atom. The fourth-order valence-corrected chi connectivity index (χ4v) is 4.22. The van der Waals surface area contributed by atoms with Crippen LogP contribution in [-0.2, 0) is 6.42 Å². The molecule has 2 aromatic rings. The molecule has 1 aliphatic carbocycles. The number of hydrogen-bond acceptors (Lipinski definition) is 4. The van der Waals surface area contributed by atoms with Crippen molar-refractivity contribution in [2.45, 2.75) is 38.6 Å². The van der Waals surface area contributed by atoms with Gasteiger partial charge in [0.1, 0.15) is 0 Å². The molecule has 0 spiro atoms. The van der Waals surface area contributed by atoms with E-state index in [-0.39, 0.29) is 0 Å². The maximum Gasteiger partial charge on any atom is 0.0900 e. The van der Waals surface area contributed by atoms with Gasteiger partial charge in [-0.15, -0.1) is 11.3 Å². The normalized spacial score (nSPS) is 19.4. The minimum atomic E-state index is 0.336. The maximum absolute atomic E-state index is 4.62. The summed E-state index contributed by atoms with van der Waals surface area (Å²) < 4.78 is 0. The summed E-state index contributed by atoms with van der Waals surface area (Å²) in [6, 6.07) is 4.58. The molecule has 0 aromatic carbocycles. The number of fused-ring (bicyclic) bond motifs is 1. The molecule has 3 nitrogen and oxygen atoms in total. The van der Waals surface area contributed by atoms with Crippen LogP contribution in [0.4, 0.5) is 0 Å². The van der Waals surface area contributed by atoms with Crippen molar-refractivity contribution in [3.8, 4) is 0 Å². The Labute approximate surface area is 118 Å². The van der Waals surface area contributed by atoms with Crippen LogP contribution < -0.4 is 5.32 Å². The first-order chi connectivity index (χ1) is 9.20. The molecular formula is C15H19N3S. The van der Waals surface area contributed by atoms with E-state index in [9.17, 15) is 0 Å². The van der Waals surface area contributed by atoms with Gasteiger partial charge in [-0.25, -0.2) is 4.98 Å². The monoisotopic (exact) mass is 273 g/mol. The molecule has 19 heavy (non-hydrogen) atoms. The summed E-state index contributed by atoms with van der Waals surface area (Å²) in [5.74, 6) is 0.472. The Bertz CT molecular complexity index is 591. The minimum absolute atomic E-state index is 0.336. The highest BCUT2D eigenvalue weighted by atomic mass is 32.1. The van der Waals surface area contributed by atoms with E-state index in [2.05, 4.69) is 35.2 Å². The first kappa shape index (κ1) is 12.8. The van der Waals surface area contributed by atoms with E-state index in [0.717, 1.165) is 17.1 Å². The van der Waals surface area contributed by atoms with Crippen LogP contribution in [0.5, 0.6) is 0 Å². The number of nitrogens with one attached hydrogen (secondary N) is 1. The zero-order chi connectivity index (χ0) is 13.4. The van der Waals surface area contributed by atoms with Gasteiger partial charge in [-0.05, 0) is 45.4 Å². The average Bonchev–Trinajstić information content (AvgIpc) is 2.96. The maximum atomic E-state index is 4.62. The number of aromatic nitrogens is 2. The van der Waals surface area contributed by atoms with Gasteiger partial charge < -0.3 is 5.32 Å². The smallest absolute Gasteiger partial charge is 0.0900 e. The number of thiazole rings is 1. The summed E-state index contributed by atoms with van der Waals surface area (Å²) in [7, 11) is 2.04. The molecule has 2 atom stereocenters. The zero-order valence-corrected chi connectivity index (χ0v) is 12.4. The van der Waals surface area contributed by atoms with Crippen LogP contribution in [0.2, 0.25) is 0 Å². The standard InChI is InChI=1S/C15H19N3S/c1-9-15(19-10(2)18-9)14(16-3)12-7-6-11-5-4-8-17-13(11)12/h4-5,8,12,14,16H,6-7H2,1-3H3. The predicted molar refractivity (Wildman–Crippen MR) is 78.7 cm³/mol. The highest BCUT2D eigenvalue weighted by Crippen LogP contribution is 2.42. The molecule has 0 amide bonds. The first-order valence-electron chi connectivity index (χ1n) is 6.75. The van der Waals surface area contributed by atoms with Crippen molar-refractivity contribution >= 4 is 11.3 Å². The summed E-state index contributed by atoms with van der Waals surface area (Å²) >= 11 is 1.81. The minimum Gasteiger partial charge on any atom is -0.312 e. The van der Waals surface area contributed by atoms with Crippen molar-refractivity contribution in [2.24, 2.45) is 0 Å². The summed E-state index contributed by atoms with van der Waals surface area (Å²) in [6.07, 6.45) is 4.23. The molecule has 1 aliphatic rings. The van der Waals surface area contributed by atoms with E-state index in [4.69, 9.17) is 0 Å². The number of nitrogens with zero attached hydrogens (tertiary/aromatic N) is 2. The predicted octanol–water partition coefficient (Wildman–Crippen LogP) is 3.15. The van der Waals surface area contributed by atoms with Crippen LogP contribution in [-0.4, -0.2) is 17.0 Å². The highest BCUT2D eigenvalue weighted by molar-refractivity contribution is 7.11. The van der Waals surface area contributed by atoms with Crippen LogP contribution in [0.25, 0.3) is 0 Å². The van der Waals surface area contributed by atoms with Crippen molar-refractivity contribution in [2.75, 3.05) is 7.05 Å². The van der Waals surface area contributed by atoms with Crippen LogP contribution in [0, 0.1) is 13.8 Å². The number of pyridine rings is 1. The zero-order valence-electron chi connectivity index (χ0n) is 11.6. The quantitative estimate of drug-likeness (QED) is 0.933. The Morgan fingerprint density at radius 3 is 2.95 bits per heavy atom. The van der Waals surface area contributed by atoms with E-state index in [1.165, 1.54) is 22.6 Å². The van der Waals surface area contributed by atoms with Gasteiger partial charge in [0.25, 0.3) is 0 Å². The fourth-order valence-electron chi connectivity index (χ4n) is 3.12. The molecule has 4 heteroatoms. The molecule has 0 saturated carbocycles. The lowest BCUT2D eigenvalue weighted by Gasteiger charge is -2.22. The van der Waals surface area contributed by atoms with Gasteiger partial charge in [-0.2, -0.15) is 0 Å². The number of likely N-dealkylation sites (N-methyl/N-ethyl adjacent to an activating group) is 1. The Morgan fingerprint density at radius 1 is 1.42 bits per heavy atom. The van der Waals surface area contributed by atoms with Gasteiger partial charge in [-0.3, -0.25) is 4.98 Å². The molecule has 2 aromatic heterocycles. The molecular weight excluding hydrogens is 254 g/mol. The van der Waals surface area contributed by atoms with Crippen LogP contribution in [0.15, 0.2) is 18.3 Å². The van der Waals surface area contributed by atoms with Gasteiger partial charge in [0, 0.05) is 22.7 Å². The number of hydrogen-bond donors (Lipinski definition) is 1. The van der Waals surface area contributed by atoms with Gasteiger partial charge in [0.2, 0.25) is 0 Å². The third kappa shape index (κ3) is 2.19. The Hall–Kier alpha value is -1.26. The van der Waals surface area contributed by atoms with E-state index < -0.39 is 0 Å². The van der Waals surface area contributed by atoms with Gasteiger partial charge >= 0.3 is 0 Å². The summed E-state index contributed by atoms with van der Waals surface area (Å²) in [4.78, 5) is 10.5. The van der Waals surface area contributed by atoms with E-state index in [0.29, 0.717) is 12.0 Å². The second kappa shape index (κ2) is 5.02. The average molecular weight is 273 g/mol. The summed E-state index contributed by atoms with van der Waals surface area (Å²) in [6.45, 7) is 4.19. The third-order valence-electron chi connectivity index (χ3n) is 3.94. The molecule has 2 unspecified atom stereocenters. The Balaban J connectivity index is 1.99. The molecule has 0 aliphatic heterocycles. The second-order valence-electron chi connectivity index (χ2n) is 5.14. The molecule has 0 bridgehead atoms. The lowest BCUT2D eigenvalue weighted by atomic mass is 9.95. The van der Waals surface area contributed by atoms with Crippen molar-refractivity contribution in [3.05, 3.63) is 45.2 Å². The molecule has 1 N–H and O–H groups in total. The largest absolute Gasteiger partial charge is 0.312 e. The lowest BCUT2D eigenvalue weighted by molar-refractivity contribution is 0.474. The molecule has 100 valence electrons. The first-order valence-corrected chi connectivity index (χ1v) is 7.57. The Kier molecular flexibility index (Phi) is 3.37. The van der Waals surface area contributed by atoms with Crippen LogP contribution >= 0.6 is 11.3 Å². The number of aryl methyl sites for hydroxylation is 3. The number of rotatable bonds is 3. The molecule has 0 saturated heterocycles. The van der Waals surface area contributed by atoms with Gasteiger partial charge in [-0.1, -0.05) is 6.07 Å². The summed E-state index contributed by atoms with van der Waals surface area (Å²) in [5, 5.41) is 4.63. The van der Waals surface area contributed by atoms with Crippen molar-refractivity contribution in [3.63, 3.8) is 0 Å². The molecule has 0 fully saturated rings. The summed E-state index contributed by atoms with van der Waals surface area (Å²) in [5.41, 5.74) is 3.84. The third-order valence-corrected chi connectivity index (χ3v) is 5.09. The van der Waals surface area contributed by atoms with Crippen LogP contribution in [0.1, 0.15) is 45.2 Å². The topological polar surface area (TPSA) is 37.8 Å². The van der Waals surface area contributed by atoms with Crippen molar-refractivity contribution < 1.29 is 0 Å². The highest BCUT2D eigenvalue weighted by Gasteiger charge is 2.32. The second-order valence-corrected chi connectivity index (χ2v) is 6.38. The van der Waals surface area contributed by atoms with Gasteiger partial charge in [0.15, 0.2) is 0 Å². The SMILES string of the molecule is CNC(c1sc(C)nc1C)C1CCc2cccnc21. The van der Waals surface area contributed by atoms with Gasteiger partial charge in [0.05, 0.1) is 16.7 Å². The van der Waals surface area contributed by atoms with Crippen molar-refractivity contribution in [1.82, 2.24) is 15.3 Å². The van der Waals surface area contributed by atoms with E-state index in [1.807, 2.05) is 30.6 Å². The van der Waals surface area contributed by atoms with Crippen molar-refractivity contribution in [1.29, 1.82) is 0 Å². The molecule has 2 heterocycles.